The molecule has 134 valence electrons. The van der Waals surface area contributed by atoms with Crippen molar-refractivity contribution in [3.8, 4) is 6.07 Å². The zero-order valence-corrected chi connectivity index (χ0v) is 14.6. The molecule has 0 saturated heterocycles. The molecule has 0 saturated carbocycles. The van der Waals surface area contributed by atoms with E-state index < -0.39 is 5.91 Å². The van der Waals surface area contributed by atoms with Crippen molar-refractivity contribution in [1.29, 1.82) is 5.26 Å². The van der Waals surface area contributed by atoms with Crippen LogP contribution in [-0.4, -0.2) is 16.9 Å². The number of amides is 1. The van der Waals surface area contributed by atoms with Crippen molar-refractivity contribution in [2.75, 3.05) is 5.32 Å². The molecule has 0 aliphatic heterocycles. The number of carbonyl (C=O) groups excluding carboxylic acids is 1. The molecular formula is C20H17N5O2. The van der Waals surface area contributed by atoms with Gasteiger partial charge in [0.05, 0.1) is 17.3 Å². The van der Waals surface area contributed by atoms with Gasteiger partial charge < -0.3 is 15.6 Å². The summed E-state index contributed by atoms with van der Waals surface area (Å²) in [4.78, 5) is 16.2. The predicted octanol–water partition coefficient (Wildman–Crippen LogP) is 3.01. The lowest BCUT2D eigenvalue weighted by atomic mass is 10.1. The highest BCUT2D eigenvalue weighted by atomic mass is 16.5. The van der Waals surface area contributed by atoms with Crippen LogP contribution >= 0.6 is 0 Å². The Hall–Kier alpha value is -3.92. The van der Waals surface area contributed by atoms with E-state index in [1.165, 1.54) is 6.26 Å². The summed E-state index contributed by atoms with van der Waals surface area (Å²) in [5, 5.41) is 15.8. The fourth-order valence-electron chi connectivity index (χ4n) is 2.48. The number of nitriles is 1. The number of nitrogens with zero attached hydrogens (tertiary/aromatic N) is 3. The molecule has 3 N–H and O–H groups in total. The molecular weight excluding hydrogens is 342 g/mol. The quantitative estimate of drug-likeness (QED) is 0.534. The highest BCUT2D eigenvalue weighted by Crippen LogP contribution is 2.17. The minimum Gasteiger partial charge on any atom is -0.383 e. The second-order valence-electron chi connectivity index (χ2n) is 5.82. The zero-order chi connectivity index (χ0) is 19.2. The number of nitrogens with two attached hydrogens (primary N) is 1. The van der Waals surface area contributed by atoms with Gasteiger partial charge in [-0.2, -0.15) is 10.3 Å². The van der Waals surface area contributed by atoms with E-state index in [2.05, 4.69) is 21.5 Å². The number of hydrogen-bond donors (Lipinski definition) is 2. The number of nitrogens with one attached hydrogen (secondary N) is 1. The average molecular weight is 359 g/mol. The molecule has 0 fully saturated rings. The van der Waals surface area contributed by atoms with Crippen molar-refractivity contribution in [3.05, 3.63) is 82.7 Å². The van der Waals surface area contributed by atoms with Crippen LogP contribution in [0.1, 0.15) is 32.7 Å². The number of carbonyl (C=O) groups is 1. The standard InChI is InChI=1S/C20H17N5O2/c1-13-17(12-27-25-13)20(26)24-19(22)16-4-2-3-5-18(16)23-11-15-8-6-14(10-21)7-9-15/h2-9,12,23H,11H2,1H3,(H2,22,24,26). The van der Waals surface area contributed by atoms with Gasteiger partial charge in [-0.05, 0) is 36.8 Å². The Kier molecular flexibility index (Phi) is 5.28. The number of anilines is 1. The van der Waals surface area contributed by atoms with Crippen LogP contribution in [0.4, 0.5) is 5.69 Å². The highest BCUT2D eigenvalue weighted by Gasteiger charge is 2.14. The van der Waals surface area contributed by atoms with E-state index in [1.807, 2.05) is 30.3 Å². The Balaban J connectivity index is 1.78. The first kappa shape index (κ1) is 17.9. The molecule has 3 aromatic rings. The Bertz CT molecular complexity index is 1030. The Morgan fingerprint density at radius 3 is 2.63 bits per heavy atom. The average Bonchev–Trinajstić information content (AvgIpc) is 3.13. The first-order valence-electron chi connectivity index (χ1n) is 8.20. The van der Waals surface area contributed by atoms with E-state index in [0.29, 0.717) is 23.4 Å². The first-order chi connectivity index (χ1) is 13.1. The van der Waals surface area contributed by atoms with E-state index in [4.69, 9.17) is 15.5 Å². The molecule has 7 nitrogen and oxygen atoms in total. The highest BCUT2D eigenvalue weighted by molar-refractivity contribution is 6.11. The molecule has 0 radical (unpaired) electrons. The third-order valence-electron chi connectivity index (χ3n) is 3.97. The molecule has 0 atom stereocenters. The fourth-order valence-corrected chi connectivity index (χ4v) is 2.48. The summed E-state index contributed by atoms with van der Waals surface area (Å²) < 4.78 is 4.77. The Morgan fingerprint density at radius 1 is 1.22 bits per heavy atom. The second kappa shape index (κ2) is 7.97. The van der Waals surface area contributed by atoms with Gasteiger partial charge in [0.2, 0.25) is 0 Å². The summed E-state index contributed by atoms with van der Waals surface area (Å²) in [6.45, 7) is 2.20. The van der Waals surface area contributed by atoms with Crippen molar-refractivity contribution >= 4 is 17.4 Å². The predicted molar refractivity (Wildman–Crippen MR) is 101 cm³/mol. The second-order valence-corrected chi connectivity index (χ2v) is 5.82. The lowest BCUT2D eigenvalue weighted by Crippen LogP contribution is -2.18. The van der Waals surface area contributed by atoms with E-state index in [1.54, 1.807) is 25.1 Å². The summed E-state index contributed by atoms with van der Waals surface area (Å²) >= 11 is 0. The van der Waals surface area contributed by atoms with Crippen molar-refractivity contribution < 1.29 is 9.32 Å². The van der Waals surface area contributed by atoms with Crippen molar-refractivity contribution in [2.24, 2.45) is 10.7 Å². The third-order valence-corrected chi connectivity index (χ3v) is 3.97. The molecule has 1 heterocycles. The van der Waals surface area contributed by atoms with Crippen molar-refractivity contribution in [2.45, 2.75) is 13.5 Å². The van der Waals surface area contributed by atoms with E-state index >= 15 is 0 Å². The van der Waals surface area contributed by atoms with Gasteiger partial charge in [-0.25, -0.2) is 0 Å². The lowest BCUT2D eigenvalue weighted by Gasteiger charge is -2.11. The van der Waals surface area contributed by atoms with Gasteiger partial charge in [-0.3, -0.25) is 4.79 Å². The van der Waals surface area contributed by atoms with Gasteiger partial charge in [0.1, 0.15) is 17.7 Å². The number of amidine groups is 1. The summed E-state index contributed by atoms with van der Waals surface area (Å²) in [7, 11) is 0. The number of aliphatic imine (C=N–C) groups is 1. The number of rotatable bonds is 5. The van der Waals surface area contributed by atoms with Crippen LogP contribution in [0.3, 0.4) is 0 Å². The molecule has 0 aliphatic rings. The Labute approximate surface area is 156 Å². The van der Waals surface area contributed by atoms with E-state index in [9.17, 15) is 4.79 Å². The maximum Gasteiger partial charge on any atom is 0.284 e. The minimum absolute atomic E-state index is 0.100. The summed E-state index contributed by atoms with van der Waals surface area (Å²) in [6.07, 6.45) is 1.25. The third kappa shape index (κ3) is 4.19. The monoisotopic (exact) mass is 359 g/mol. The number of benzene rings is 2. The topological polar surface area (TPSA) is 117 Å². The van der Waals surface area contributed by atoms with Crippen molar-refractivity contribution in [3.63, 3.8) is 0 Å². The maximum absolute atomic E-state index is 12.2. The maximum atomic E-state index is 12.2. The normalized spacial score (nSPS) is 11.0. The van der Waals surface area contributed by atoms with Crippen LogP contribution in [0.2, 0.25) is 0 Å². The van der Waals surface area contributed by atoms with Gasteiger partial charge in [0.25, 0.3) is 5.91 Å². The van der Waals surface area contributed by atoms with Crippen molar-refractivity contribution in [1.82, 2.24) is 5.16 Å². The molecule has 3 rings (SSSR count). The first-order valence-corrected chi connectivity index (χ1v) is 8.20. The van der Waals surface area contributed by atoms with Gasteiger partial charge in [-0.1, -0.05) is 29.4 Å². The largest absolute Gasteiger partial charge is 0.383 e. The van der Waals surface area contributed by atoms with Gasteiger partial charge in [-0.15, -0.1) is 0 Å². The SMILES string of the molecule is Cc1nocc1C(=O)N=C(N)c1ccccc1NCc1ccc(C#N)cc1. The number of hydrogen-bond acceptors (Lipinski definition) is 5. The molecule has 1 amide bonds. The zero-order valence-electron chi connectivity index (χ0n) is 14.6. The number of para-hydroxylation sites is 1. The van der Waals surface area contributed by atoms with E-state index in [0.717, 1.165) is 11.3 Å². The van der Waals surface area contributed by atoms with Crippen LogP contribution in [0.5, 0.6) is 0 Å². The summed E-state index contributed by atoms with van der Waals surface area (Å²) in [6, 6.07) is 16.7. The smallest absolute Gasteiger partial charge is 0.284 e. The molecule has 0 unspecified atom stereocenters. The van der Waals surface area contributed by atoms with Crippen LogP contribution in [0.25, 0.3) is 0 Å². The number of aromatic nitrogens is 1. The van der Waals surface area contributed by atoms with Gasteiger partial charge in [0.15, 0.2) is 0 Å². The molecule has 0 aliphatic carbocycles. The van der Waals surface area contributed by atoms with Gasteiger partial charge in [0, 0.05) is 17.8 Å². The molecule has 0 spiro atoms. The fraction of sp³-hybridized carbons (Fsp3) is 0.100. The summed E-state index contributed by atoms with van der Waals surface area (Å²) in [5.74, 6) is -0.406. The van der Waals surface area contributed by atoms with Crippen LogP contribution in [-0.2, 0) is 6.54 Å². The van der Waals surface area contributed by atoms with Gasteiger partial charge >= 0.3 is 0 Å². The molecule has 1 aromatic heterocycles. The summed E-state index contributed by atoms with van der Waals surface area (Å²) in [5.41, 5.74) is 9.79. The number of aryl methyl sites for hydroxylation is 1. The molecule has 7 heteroatoms. The Morgan fingerprint density at radius 2 is 1.96 bits per heavy atom. The lowest BCUT2D eigenvalue weighted by molar-refractivity contribution is 0.100. The molecule has 2 aromatic carbocycles. The van der Waals surface area contributed by atoms with E-state index in [-0.39, 0.29) is 11.4 Å². The molecule has 0 bridgehead atoms. The minimum atomic E-state index is -0.506. The van der Waals surface area contributed by atoms with Crippen LogP contribution in [0, 0.1) is 18.3 Å². The molecule has 27 heavy (non-hydrogen) atoms. The van der Waals surface area contributed by atoms with Crippen LogP contribution < -0.4 is 11.1 Å². The van der Waals surface area contributed by atoms with Crippen LogP contribution in [0.15, 0.2) is 64.3 Å².